The van der Waals surface area contributed by atoms with Crippen molar-refractivity contribution in [3.8, 4) is 0 Å². The van der Waals surface area contributed by atoms with Gasteiger partial charge in [0.05, 0.1) is 6.54 Å². The van der Waals surface area contributed by atoms with Gasteiger partial charge in [-0.2, -0.15) is 0 Å². The molecule has 0 spiro atoms. The Morgan fingerprint density at radius 2 is 1.61 bits per heavy atom. The molecule has 0 heterocycles. The minimum Gasteiger partial charge on any atom is -0.354 e. The Balaban J connectivity index is 2.35. The van der Waals surface area contributed by atoms with Gasteiger partial charge in [-0.05, 0) is 25.1 Å². The zero-order valence-corrected chi connectivity index (χ0v) is 14.8. The second kappa shape index (κ2) is 12.4. The minimum atomic E-state index is -0.0580. The summed E-state index contributed by atoms with van der Waals surface area (Å²) >= 11 is 0. The number of nitrogens with zero attached hydrogens (tertiary/aromatic N) is 1. The van der Waals surface area contributed by atoms with E-state index in [1.165, 1.54) is 57.8 Å². The molecular formula is C17H34BN3O2. The van der Waals surface area contributed by atoms with Crippen molar-refractivity contribution in [3.63, 3.8) is 0 Å². The molecule has 23 heavy (non-hydrogen) atoms. The third kappa shape index (κ3) is 8.99. The van der Waals surface area contributed by atoms with E-state index in [-0.39, 0.29) is 18.4 Å². The molecule has 0 aromatic heterocycles. The van der Waals surface area contributed by atoms with Gasteiger partial charge >= 0.3 is 0 Å². The molecule has 0 aromatic rings. The van der Waals surface area contributed by atoms with E-state index in [0.717, 1.165) is 6.54 Å². The minimum absolute atomic E-state index is 0.00992. The largest absolute Gasteiger partial charge is 0.354 e. The first-order valence-electron chi connectivity index (χ1n) is 9.42. The second-order valence-electron chi connectivity index (χ2n) is 6.68. The van der Waals surface area contributed by atoms with Gasteiger partial charge in [0, 0.05) is 19.6 Å². The van der Waals surface area contributed by atoms with E-state index in [1.807, 2.05) is 7.85 Å². The molecule has 132 valence electrons. The first-order chi connectivity index (χ1) is 11.2. The van der Waals surface area contributed by atoms with Crippen LogP contribution in [0.25, 0.3) is 0 Å². The average Bonchev–Trinajstić information content (AvgIpc) is 2.57. The first kappa shape index (κ1) is 20.0. The lowest BCUT2D eigenvalue weighted by molar-refractivity contribution is -0.134. The Morgan fingerprint density at radius 3 is 2.13 bits per heavy atom. The molecule has 6 heteroatoms. The van der Waals surface area contributed by atoms with Crippen LogP contribution < -0.4 is 11.1 Å². The van der Waals surface area contributed by atoms with Crippen LogP contribution in [0.5, 0.6) is 0 Å². The summed E-state index contributed by atoms with van der Waals surface area (Å²) in [6, 6.07) is 0. The van der Waals surface area contributed by atoms with E-state index in [9.17, 15) is 9.59 Å². The summed E-state index contributed by atoms with van der Waals surface area (Å²) in [5, 5.41) is 3.03. The SMILES string of the molecule is BCC(=O)N(CCN)CC(=O)NCC1CCCCCCCCC1. The van der Waals surface area contributed by atoms with Crippen LogP contribution in [0, 0.1) is 5.92 Å². The van der Waals surface area contributed by atoms with Crippen molar-refractivity contribution in [1.29, 1.82) is 0 Å². The van der Waals surface area contributed by atoms with Crippen molar-refractivity contribution < 1.29 is 9.59 Å². The van der Waals surface area contributed by atoms with Gasteiger partial charge in [0.25, 0.3) is 0 Å². The van der Waals surface area contributed by atoms with Crippen LogP contribution >= 0.6 is 0 Å². The number of carbonyl (C=O) groups excluding carboxylic acids is 2. The highest BCUT2D eigenvalue weighted by atomic mass is 16.2. The average molecular weight is 323 g/mol. The summed E-state index contributed by atoms with van der Waals surface area (Å²) in [4.78, 5) is 25.5. The van der Waals surface area contributed by atoms with Crippen molar-refractivity contribution in [2.75, 3.05) is 26.2 Å². The lowest BCUT2D eigenvalue weighted by Gasteiger charge is -2.23. The fraction of sp³-hybridized carbons (Fsp3) is 0.882. The fourth-order valence-corrected chi connectivity index (χ4v) is 3.26. The van der Waals surface area contributed by atoms with Crippen LogP contribution in [0.2, 0.25) is 6.32 Å². The number of amides is 2. The fourth-order valence-electron chi connectivity index (χ4n) is 3.26. The Labute approximate surface area is 142 Å². The molecular weight excluding hydrogens is 289 g/mol. The van der Waals surface area contributed by atoms with Crippen LogP contribution in [0.4, 0.5) is 0 Å². The number of carbonyl (C=O) groups is 2. The van der Waals surface area contributed by atoms with Gasteiger partial charge in [-0.1, -0.05) is 44.9 Å². The third-order valence-electron chi connectivity index (χ3n) is 4.70. The number of hydrogen-bond donors (Lipinski definition) is 2. The van der Waals surface area contributed by atoms with Crippen molar-refractivity contribution in [2.24, 2.45) is 11.7 Å². The molecule has 0 aliphatic heterocycles. The molecule has 0 unspecified atom stereocenters. The maximum Gasteiger partial charge on any atom is 0.239 e. The van der Waals surface area contributed by atoms with E-state index >= 15 is 0 Å². The van der Waals surface area contributed by atoms with E-state index in [0.29, 0.717) is 25.3 Å². The standard InChI is InChI=1S/C17H34BN3O2/c18-12-17(23)21(11-10-19)14-16(22)20-13-15-8-6-4-2-1-3-5-7-9-15/h15H,1-14,18-19H2,(H,20,22). The van der Waals surface area contributed by atoms with Gasteiger partial charge in [-0.15, -0.1) is 0 Å². The summed E-state index contributed by atoms with van der Waals surface area (Å²) in [7, 11) is 1.81. The third-order valence-corrected chi connectivity index (χ3v) is 4.70. The van der Waals surface area contributed by atoms with E-state index in [2.05, 4.69) is 5.32 Å². The summed E-state index contributed by atoms with van der Waals surface area (Å²) < 4.78 is 0. The molecule has 0 saturated heterocycles. The molecule has 1 rings (SSSR count). The molecule has 0 aromatic carbocycles. The number of hydrogen-bond acceptors (Lipinski definition) is 3. The molecule has 0 radical (unpaired) electrons. The summed E-state index contributed by atoms with van der Waals surface area (Å²) in [5.74, 6) is 0.517. The Hall–Kier alpha value is -1.04. The number of nitrogens with two attached hydrogens (primary N) is 1. The summed E-state index contributed by atoms with van der Waals surface area (Å²) in [6.45, 7) is 1.72. The Bertz CT molecular complexity index is 343. The number of rotatable bonds is 7. The molecule has 1 saturated carbocycles. The highest BCUT2D eigenvalue weighted by molar-refractivity contribution is 6.19. The monoisotopic (exact) mass is 323 g/mol. The van der Waals surface area contributed by atoms with Crippen LogP contribution in [0.3, 0.4) is 0 Å². The maximum atomic E-state index is 12.1. The highest BCUT2D eigenvalue weighted by Gasteiger charge is 2.16. The Morgan fingerprint density at radius 1 is 1.04 bits per heavy atom. The van der Waals surface area contributed by atoms with Crippen LogP contribution in [0.15, 0.2) is 0 Å². The first-order valence-corrected chi connectivity index (χ1v) is 9.42. The van der Waals surface area contributed by atoms with Crippen molar-refractivity contribution >= 4 is 19.7 Å². The topological polar surface area (TPSA) is 75.4 Å². The maximum absolute atomic E-state index is 12.1. The molecule has 2 amide bonds. The molecule has 3 N–H and O–H groups in total. The zero-order valence-electron chi connectivity index (χ0n) is 14.8. The van der Waals surface area contributed by atoms with Gasteiger partial charge in [0.2, 0.25) is 11.8 Å². The lowest BCUT2D eigenvalue weighted by atomic mass is 9.92. The van der Waals surface area contributed by atoms with Gasteiger partial charge in [-0.3, -0.25) is 9.59 Å². The molecule has 0 atom stereocenters. The quantitative estimate of drug-likeness (QED) is 0.689. The van der Waals surface area contributed by atoms with E-state index in [4.69, 9.17) is 5.73 Å². The Kier molecular flexibility index (Phi) is 10.8. The molecule has 5 nitrogen and oxygen atoms in total. The van der Waals surface area contributed by atoms with E-state index < -0.39 is 0 Å². The lowest BCUT2D eigenvalue weighted by Crippen LogP contribution is -2.43. The van der Waals surface area contributed by atoms with Gasteiger partial charge in [0.15, 0.2) is 0 Å². The predicted octanol–water partition coefficient (Wildman–Crippen LogP) is 1.08. The molecule has 0 bridgehead atoms. The van der Waals surface area contributed by atoms with Gasteiger partial charge in [-0.25, -0.2) is 0 Å². The summed E-state index contributed by atoms with van der Waals surface area (Å²) in [6.07, 6.45) is 12.1. The smallest absolute Gasteiger partial charge is 0.239 e. The predicted molar refractivity (Wildman–Crippen MR) is 97.0 cm³/mol. The molecule has 1 aliphatic carbocycles. The highest BCUT2D eigenvalue weighted by Crippen LogP contribution is 2.20. The van der Waals surface area contributed by atoms with Gasteiger partial charge in [0.1, 0.15) is 7.85 Å². The molecule has 1 fully saturated rings. The van der Waals surface area contributed by atoms with Gasteiger partial charge < -0.3 is 16.0 Å². The second-order valence-corrected chi connectivity index (χ2v) is 6.68. The normalized spacial score (nSPS) is 17.4. The van der Waals surface area contributed by atoms with Crippen LogP contribution in [0.1, 0.15) is 57.8 Å². The zero-order chi connectivity index (χ0) is 16.9. The van der Waals surface area contributed by atoms with Crippen molar-refractivity contribution in [2.45, 2.75) is 64.1 Å². The van der Waals surface area contributed by atoms with Crippen molar-refractivity contribution in [1.82, 2.24) is 10.2 Å². The van der Waals surface area contributed by atoms with Crippen molar-refractivity contribution in [3.05, 3.63) is 0 Å². The van der Waals surface area contributed by atoms with E-state index in [1.54, 1.807) is 4.90 Å². The molecule has 1 aliphatic rings. The van der Waals surface area contributed by atoms with Crippen LogP contribution in [-0.4, -0.2) is 50.7 Å². The number of nitrogens with one attached hydrogen (secondary N) is 1. The summed E-state index contributed by atoms with van der Waals surface area (Å²) in [5.41, 5.74) is 5.52. The van der Waals surface area contributed by atoms with Crippen LogP contribution in [-0.2, 0) is 9.59 Å².